The Kier molecular flexibility index (Phi) is 4.58. The predicted molar refractivity (Wildman–Crippen MR) is 121 cm³/mol. The molecule has 0 fully saturated rings. The highest BCUT2D eigenvalue weighted by molar-refractivity contribution is 6.01. The van der Waals surface area contributed by atoms with Crippen molar-refractivity contribution in [2.45, 2.75) is 13.8 Å². The Morgan fingerprint density at radius 2 is 1.32 bits per heavy atom. The third-order valence-corrected chi connectivity index (χ3v) is 4.85. The van der Waals surface area contributed by atoms with Crippen molar-refractivity contribution in [1.29, 1.82) is 0 Å². The molecule has 1 aromatic heterocycles. The lowest BCUT2D eigenvalue weighted by atomic mass is 10.0. The number of hydrogen-bond donors (Lipinski definition) is 0. The molecule has 0 aliphatic carbocycles. The van der Waals surface area contributed by atoms with Gasteiger partial charge in [0.1, 0.15) is 0 Å². The average Bonchev–Trinajstić information content (AvgIpc) is 2.71. The minimum atomic E-state index is 0.822. The van der Waals surface area contributed by atoms with Gasteiger partial charge in [0.25, 0.3) is 0 Å². The van der Waals surface area contributed by atoms with Gasteiger partial charge in [-0.2, -0.15) is 0 Å². The van der Waals surface area contributed by atoms with E-state index in [0.717, 1.165) is 55.6 Å². The van der Waals surface area contributed by atoms with Gasteiger partial charge in [-0.3, -0.25) is 9.98 Å². The van der Waals surface area contributed by atoms with E-state index in [0.29, 0.717) is 0 Å². The van der Waals surface area contributed by atoms with E-state index in [9.17, 15) is 0 Å². The molecule has 0 amide bonds. The number of aromatic nitrogens is 1. The van der Waals surface area contributed by atoms with Gasteiger partial charge in [-0.05, 0) is 62.0 Å². The Bertz CT molecular complexity index is 1250. The van der Waals surface area contributed by atoms with Crippen LogP contribution < -0.4 is 0 Å². The molecular formula is C25H21N3. The van der Waals surface area contributed by atoms with Crippen molar-refractivity contribution >= 4 is 51.2 Å². The summed E-state index contributed by atoms with van der Waals surface area (Å²) >= 11 is 0. The molecule has 3 nitrogen and oxygen atoms in total. The summed E-state index contributed by atoms with van der Waals surface area (Å²) in [6, 6.07) is 22.5. The van der Waals surface area contributed by atoms with Crippen molar-refractivity contribution in [1.82, 2.24) is 4.98 Å². The van der Waals surface area contributed by atoms with Crippen LogP contribution in [0.2, 0.25) is 0 Å². The molecule has 0 bridgehead atoms. The van der Waals surface area contributed by atoms with Gasteiger partial charge < -0.3 is 0 Å². The Labute approximate surface area is 164 Å². The van der Waals surface area contributed by atoms with Gasteiger partial charge in [0.15, 0.2) is 0 Å². The van der Waals surface area contributed by atoms with E-state index in [4.69, 9.17) is 9.98 Å². The number of nitrogens with zero attached hydrogens (tertiary/aromatic N) is 3. The molecule has 0 N–H and O–H groups in total. The van der Waals surface area contributed by atoms with Gasteiger partial charge in [0.05, 0.1) is 22.4 Å². The maximum absolute atomic E-state index is 4.79. The van der Waals surface area contributed by atoms with E-state index in [1.54, 1.807) is 0 Å². The Morgan fingerprint density at radius 3 is 1.93 bits per heavy atom. The zero-order valence-corrected chi connectivity index (χ0v) is 16.1. The number of benzene rings is 3. The normalized spacial score (nSPS) is 11.7. The Hall–Kier alpha value is -3.59. The summed E-state index contributed by atoms with van der Waals surface area (Å²) in [5, 5.41) is 2.18. The standard InChI is InChI=1S/C25H21N3/c1-16(2)18-5-7-19(8-6-18)17(3)27-23-12-10-21-13-20-9-11-22(26-4)14-24(20)28-25(21)15-23/h5-15H,1,4H2,2-3H3. The van der Waals surface area contributed by atoms with E-state index in [1.165, 1.54) is 0 Å². The molecule has 0 spiro atoms. The van der Waals surface area contributed by atoms with Gasteiger partial charge in [-0.15, -0.1) is 0 Å². The van der Waals surface area contributed by atoms with Crippen LogP contribution in [0.3, 0.4) is 0 Å². The molecule has 0 radical (unpaired) electrons. The molecule has 28 heavy (non-hydrogen) atoms. The quantitative estimate of drug-likeness (QED) is 0.287. The van der Waals surface area contributed by atoms with Crippen molar-refractivity contribution in [2.75, 3.05) is 0 Å². The van der Waals surface area contributed by atoms with E-state index in [2.05, 4.69) is 54.7 Å². The zero-order chi connectivity index (χ0) is 19.7. The van der Waals surface area contributed by atoms with Crippen LogP contribution in [0.1, 0.15) is 25.0 Å². The van der Waals surface area contributed by atoms with Crippen LogP contribution in [0.4, 0.5) is 11.4 Å². The maximum atomic E-state index is 4.79. The maximum Gasteiger partial charge on any atom is 0.0731 e. The van der Waals surface area contributed by atoms with Gasteiger partial charge in [0, 0.05) is 16.5 Å². The van der Waals surface area contributed by atoms with Gasteiger partial charge in [-0.1, -0.05) is 48.6 Å². The molecule has 3 aromatic carbocycles. The van der Waals surface area contributed by atoms with Crippen molar-refractivity contribution in [3.8, 4) is 0 Å². The van der Waals surface area contributed by atoms with Crippen LogP contribution in [0, 0.1) is 0 Å². The number of allylic oxidation sites excluding steroid dienone is 1. The molecule has 0 aliphatic rings. The van der Waals surface area contributed by atoms with Gasteiger partial charge in [0.2, 0.25) is 0 Å². The van der Waals surface area contributed by atoms with Crippen molar-refractivity contribution in [2.24, 2.45) is 9.98 Å². The second kappa shape index (κ2) is 7.20. The summed E-state index contributed by atoms with van der Waals surface area (Å²) in [7, 11) is 0. The summed E-state index contributed by atoms with van der Waals surface area (Å²) in [6.07, 6.45) is 0. The lowest BCUT2D eigenvalue weighted by Gasteiger charge is -2.06. The third-order valence-electron chi connectivity index (χ3n) is 4.85. The predicted octanol–water partition coefficient (Wildman–Crippen LogP) is 6.89. The van der Waals surface area contributed by atoms with E-state index in [-0.39, 0.29) is 0 Å². The Balaban J connectivity index is 1.73. The first-order valence-electron chi connectivity index (χ1n) is 9.16. The number of fused-ring (bicyclic) bond motifs is 2. The van der Waals surface area contributed by atoms with Crippen molar-refractivity contribution in [3.05, 3.63) is 84.4 Å². The molecule has 1 heterocycles. The van der Waals surface area contributed by atoms with Crippen molar-refractivity contribution in [3.63, 3.8) is 0 Å². The summed E-state index contributed by atoms with van der Waals surface area (Å²) in [6.45, 7) is 11.6. The molecule has 4 rings (SSSR count). The number of rotatable bonds is 4. The molecule has 136 valence electrons. The highest BCUT2D eigenvalue weighted by atomic mass is 14.8. The molecule has 0 unspecified atom stereocenters. The molecule has 0 saturated heterocycles. The van der Waals surface area contributed by atoms with Gasteiger partial charge in [-0.25, -0.2) is 4.98 Å². The first-order valence-corrected chi connectivity index (χ1v) is 9.16. The van der Waals surface area contributed by atoms with E-state index >= 15 is 0 Å². The molecular weight excluding hydrogens is 342 g/mol. The highest BCUT2D eigenvalue weighted by Crippen LogP contribution is 2.26. The largest absolute Gasteiger partial charge is 0.265 e. The van der Waals surface area contributed by atoms with E-state index in [1.807, 2.05) is 44.2 Å². The highest BCUT2D eigenvalue weighted by Gasteiger charge is 2.04. The minimum absolute atomic E-state index is 0.822. The first-order chi connectivity index (χ1) is 13.5. The molecule has 3 heteroatoms. The SMILES string of the molecule is C=Nc1ccc2cc3ccc(N=C(C)c4ccc(C(=C)C)cc4)cc3nc2c1. The monoisotopic (exact) mass is 363 g/mol. The summed E-state index contributed by atoms with van der Waals surface area (Å²) in [5.41, 5.74) is 7.80. The van der Waals surface area contributed by atoms with Crippen LogP contribution in [-0.4, -0.2) is 17.4 Å². The number of pyridine rings is 1. The molecule has 0 aliphatic heterocycles. The summed E-state index contributed by atoms with van der Waals surface area (Å²) in [5.74, 6) is 0. The lowest BCUT2D eigenvalue weighted by molar-refractivity contribution is 1.44. The second-order valence-electron chi connectivity index (χ2n) is 6.96. The fraction of sp³-hybridized carbons (Fsp3) is 0.0800. The van der Waals surface area contributed by atoms with Crippen LogP contribution >= 0.6 is 0 Å². The molecule has 0 atom stereocenters. The summed E-state index contributed by atoms with van der Waals surface area (Å²) in [4.78, 5) is 13.6. The van der Waals surface area contributed by atoms with Crippen molar-refractivity contribution < 1.29 is 0 Å². The Morgan fingerprint density at radius 1 is 0.750 bits per heavy atom. The summed E-state index contributed by atoms with van der Waals surface area (Å²) < 4.78 is 0. The fourth-order valence-corrected chi connectivity index (χ4v) is 3.22. The molecule has 4 aromatic rings. The zero-order valence-electron chi connectivity index (χ0n) is 16.1. The van der Waals surface area contributed by atoms with Gasteiger partial charge >= 0.3 is 0 Å². The van der Waals surface area contributed by atoms with Crippen LogP contribution in [0.15, 0.2) is 83.3 Å². The fourth-order valence-electron chi connectivity index (χ4n) is 3.22. The first kappa shape index (κ1) is 17.8. The van der Waals surface area contributed by atoms with Crippen LogP contribution in [-0.2, 0) is 0 Å². The number of hydrogen-bond acceptors (Lipinski definition) is 3. The van der Waals surface area contributed by atoms with Crippen LogP contribution in [0.5, 0.6) is 0 Å². The number of aliphatic imine (C=N–C) groups is 2. The second-order valence-corrected chi connectivity index (χ2v) is 6.96. The lowest BCUT2D eigenvalue weighted by Crippen LogP contribution is -1.94. The average molecular weight is 363 g/mol. The minimum Gasteiger partial charge on any atom is -0.265 e. The van der Waals surface area contributed by atoms with E-state index < -0.39 is 0 Å². The third kappa shape index (κ3) is 3.47. The topological polar surface area (TPSA) is 37.6 Å². The smallest absolute Gasteiger partial charge is 0.0731 e. The van der Waals surface area contributed by atoms with Crippen LogP contribution in [0.25, 0.3) is 27.4 Å². The molecule has 0 saturated carbocycles.